The van der Waals surface area contributed by atoms with Gasteiger partial charge in [-0.1, -0.05) is 18.2 Å². The van der Waals surface area contributed by atoms with Gasteiger partial charge in [0.05, 0.1) is 17.0 Å². The number of benzene rings is 1. The maximum atomic E-state index is 13.2. The number of thiophene rings is 1. The summed E-state index contributed by atoms with van der Waals surface area (Å²) in [6.45, 7) is 5.72. The van der Waals surface area contributed by atoms with Crippen molar-refractivity contribution in [1.82, 2.24) is 14.9 Å². The molecule has 0 saturated heterocycles. The summed E-state index contributed by atoms with van der Waals surface area (Å²) >= 11 is 1.45. The maximum Gasteiger partial charge on any atom is 0.416 e. The molecule has 0 spiro atoms. The van der Waals surface area contributed by atoms with Crippen LogP contribution in [-0.4, -0.2) is 21.9 Å². The summed E-state index contributed by atoms with van der Waals surface area (Å²) < 4.78 is 39.6. The molecule has 4 nitrogen and oxygen atoms in total. The van der Waals surface area contributed by atoms with Gasteiger partial charge in [-0.2, -0.15) is 13.2 Å². The van der Waals surface area contributed by atoms with Gasteiger partial charge in [-0.05, 0) is 45.0 Å². The SMILES string of the molecule is Cc1sc2nc(C(C)N(C)Cc3ccccc3C(F)(F)F)[nH]c(=O)c2c1C. The van der Waals surface area contributed by atoms with Crippen molar-refractivity contribution in [2.24, 2.45) is 0 Å². The second-order valence-corrected chi connectivity index (χ2v) is 7.86. The molecule has 3 aromatic rings. The smallest absolute Gasteiger partial charge is 0.309 e. The van der Waals surface area contributed by atoms with Gasteiger partial charge >= 0.3 is 6.18 Å². The Morgan fingerprint density at radius 1 is 1.26 bits per heavy atom. The molecule has 8 heteroatoms. The van der Waals surface area contributed by atoms with Crippen LogP contribution >= 0.6 is 11.3 Å². The van der Waals surface area contributed by atoms with E-state index in [1.807, 2.05) is 20.8 Å². The molecule has 1 aromatic carbocycles. The average molecular weight is 395 g/mol. The second-order valence-electron chi connectivity index (χ2n) is 6.66. The van der Waals surface area contributed by atoms with E-state index in [0.29, 0.717) is 16.0 Å². The second kappa shape index (κ2) is 7.09. The van der Waals surface area contributed by atoms with Crippen LogP contribution in [0.25, 0.3) is 10.2 Å². The Kier molecular flexibility index (Phi) is 5.14. The molecule has 0 bridgehead atoms. The van der Waals surface area contributed by atoms with Gasteiger partial charge in [0.1, 0.15) is 10.7 Å². The third-order valence-electron chi connectivity index (χ3n) is 4.86. The molecule has 0 fully saturated rings. The first-order valence-electron chi connectivity index (χ1n) is 8.45. The molecule has 2 aromatic heterocycles. The fourth-order valence-electron chi connectivity index (χ4n) is 3.02. The molecule has 2 heterocycles. The van der Waals surface area contributed by atoms with Gasteiger partial charge in [-0.3, -0.25) is 9.69 Å². The Morgan fingerprint density at radius 3 is 2.59 bits per heavy atom. The third kappa shape index (κ3) is 3.77. The molecular formula is C19H20F3N3OS. The van der Waals surface area contributed by atoms with Crippen LogP contribution < -0.4 is 5.56 Å². The van der Waals surface area contributed by atoms with Crippen molar-refractivity contribution in [3.63, 3.8) is 0 Å². The zero-order valence-corrected chi connectivity index (χ0v) is 16.3. The van der Waals surface area contributed by atoms with Crippen LogP contribution in [0.2, 0.25) is 0 Å². The van der Waals surface area contributed by atoms with Gasteiger partial charge in [-0.15, -0.1) is 11.3 Å². The first-order chi connectivity index (χ1) is 12.6. The molecule has 1 unspecified atom stereocenters. The minimum absolute atomic E-state index is 0.0844. The lowest BCUT2D eigenvalue weighted by Gasteiger charge is -2.25. The zero-order chi connectivity index (χ0) is 19.9. The normalized spacial score (nSPS) is 13.5. The lowest BCUT2D eigenvalue weighted by molar-refractivity contribution is -0.138. The summed E-state index contributed by atoms with van der Waals surface area (Å²) in [5.41, 5.74) is 0.235. The number of nitrogens with one attached hydrogen (secondary N) is 1. The number of fused-ring (bicyclic) bond motifs is 1. The molecule has 0 saturated carbocycles. The number of aromatic amines is 1. The van der Waals surface area contributed by atoms with Gasteiger partial charge in [0.25, 0.3) is 5.56 Å². The lowest BCUT2D eigenvalue weighted by Crippen LogP contribution is -2.27. The van der Waals surface area contributed by atoms with Crippen molar-refractivity contribution >= 4 is 21.6 Å². The quantitative estimate of drug-likeness (QED) is 0.689. The highest BCUT2D eigenvalue weighted by Gasteiger charge is 2.33. The molecule has 0 amide bonds. The van der Waals surface area contributed by atoms with E-state index in [1.54, 1.807) is 18.0 Å². The number of hydrogen-bond donors (Lipinski definition) is 1. The zero-order valence-electron chi connectivity index (χ0n) is 15.4. The fraction of sp³-hybridized carbons (Fsp3) is 0.368. The van der Waals surface area contributed by atoms with E-state index < -0.39 is 11.7 Å². The summed E-state index contributed by atoms with van der Waals surface area (Å²) in [4.78, 5) is 23.2. The average Bonchev–Trinajstić information content (AvgIpc) is 2.88. The van der Waals surface area contributed by atoms with Crippen LogP contribution in [0, 0.1) is 13.8 Å². The number of rotatable bonds is 4. The summed E-state index contributed by atoms with van der Waals surface area (Å²) in [6, 6.07) is 5.16. The van der Waals surface area contributed by atoms with Gasteiger partial charge in [0, 0.05) is 11.4 Å². The van der Waals surface area contributed by atoms with E-state index >= 15 is 0 Å². The number of nitrogens with zero attached hydrogens (tertiary/aromatic N) is 2. The first kappa shape index (κ1) is 19.6. The van der Waals surface area contributed by atoms with E-state index in [-0.39, 0.29) is 23.7 Å². The molecular weight excluding hydrogens is 375 g/mol. The molecule has 0 aliphatic carbocycles. The number of hydrogen-bond acceptors (Lipinski definition) is 4. The molecule has 0 aliphatic heterocycles. The van der Waals surface area contributed by atoms with Gasteiger partial charge in [-0.25, -0.2) is 4.98 Å². The molecule has 144 valence electrons. The minimum Gasteiger partial charge on any atom is -0.309 e. The number of alkyl halides is 3. The summed E-state index contributed by atoms with van der Waals surface area (Å²) in [7, 11) is 1.72. The number of aromatic nitrogens is 2. The predicted molar refractivity (Wildman–Crippen MR) is 101 cm³/mol. The Balaban J connectivity index is 1.92. The Morgan fingerprint density at radius 2 is 1.93 bits per heavy atom. The van der Waals surface area contributed by atoms with Crippen LogP contribution in [0.4, 0.5) is 13.2 Å². The summed E-state index contributed by atoms with van der Waals surface area (Å²) in [6.07, 6.45) is -4.40. The van der Waals surface area contributed by atoms with Crippen molar-refractivity contribution in [2.75, 3.05) is 7.05 Å². The van der Waals surface area contributed by atoms with E-state index in [9.17, 15) is 18.0 Å². The van der Waals surface area contributed by atoms with E-state index in [1.165, 1.54) is 23.5 Å². The molecule has 1 atom stereocenters. The van der Waals surface area contributed by atoms with Gasteiger partial charge in [0.15, 0.2) is 0 Å². The Labute approximate surface area is 158 Å². The standard InChI is InChI=1S/C19H20F3N3OS/c1-10-12(3)27-18-15(10)17(26)23-16(24-18)11(2)25(4)9-13-7-5-6-8-14(13)19(20,21)22/h5-8,11H,9H2,1-4H3,(H,23,24,26). The van der Waals surface area contributed by atoms with Crippen LogP contribution in [0.1, 0.15) is 40.4 Å². The number of H-pyrrole nitrogens is 1. The molecule has 0 radical (unpaired) electrons. The highest BCUT2D eigenvalue weighted by molar-refractivity contribution is 7.18. The molecule has 1 N–H and O–H groups in total. The number of halogens is 3. The van der Waals surface area contributed by atoms with Crippen LogP contribution in [-0.2, 0) is 12.7 Å². The maximum absolute atomic E-state index is 13.2. The van der Waals surface area contributed by atoms with Crippen molar-refractivity contribution in [2.45, 2.75) is 39.5 Å². The van der Waals surface area contributed by atoms with Crippen LogP contribution in [0.15, 0.2) is 29.1 Å². The number of aryl methyl sites for hydroxylation is 2. The van der Waals surface area contributed by atoms with E-state index in [0.717, 1.165) is 16.5 Å². The topological polar surface area (TPSA) is 49.0 Å². The molecule has 27 heavy (non-hydrogen) atoms. The van der Waals surface area contributed by atoms with Crippen molar-refractivity contribution in [1.29, 1.82) is 0 Å². The minimum atomic E-state index is -4.40. The van der Waals surface area contributed by atoms with Gasteiger partial charge in [0.2, 0.25) is 0 Å². The summed E-state index contributed by atoms with van der Waals surface area (Å²) in [5, 5.41) is 0.582. The fourth-order valence-corrected chi connectivity index (χ4v) is 4.06. The molecule has 0 aliphatic rings. The predicted octanol–water partition coefficient (Wildman–Crippen LogP) is 4.81. The largest absolute Gasteiger partial charge is 0.416 e. The molecule has 3 rings (SSSR count). The Hall–Kier alpha value is -2.19. The highest BCUT2D eigenvalue weighted by atomic mass is 32.1. The van der Waals surface area contributed by atoms with E-state index in [4.69, 9.17) is 0 Å². The van der Waals surface area contributed by atoms with Crippen molar-refractivity contribution < 1.29 is 13.2 Å². The lowest BCUT2D eigenvalue weighted by atomic mass is 10.1. The van der Waals surface area contributed by atoms with Crippen LogP contribution in [0.3, 0.4) is 0 Å². The third-order valence-corrected chi connectivity index (χ3v) is 5.96. The summed E-state index contributed by atoms with van der Waals surface area (Å²) in [5.74, 6) is 0.445. The first-order valence-corrected chi connectivity index (χ1v) is 9.26. The van der Waals surface area contributed by atoms with Gasteiger partial charge < -0.3 is 4.98 Å². The van der Waals surface area contributed by atoms with Crippen LogP contribution in [0.5, 0.6) is 0 Å². The van der Waals surface area contributed by atoms with Crippen molar-refractivity contribution in [3.8, 4) is 0 Å². The monoisotopic (exact) mass is 395 g/mol. The van der Waals surface area contributed by atoms with Crippen molar-refractivity contribution in [3.05, 3.63) is 62.0 Å². The highest BCUT2D eigenvalue weighted by Crippen LogP contribution is 2.33. The van der Waals surface area contributed by atoms with E-state index in [2.05, 4.69) is 9.97 Å². The Bertz CT molecular complexity index is 1040.